The van der Waals surface area contributed by atoms with Gasteiger partial charge in [-0.25, -0.2) is 9.97 Å². The SMILES string of the molecule is O=c1[nH][nH]c2ccc(-c3nc(Nc4n[nH]c5cccc(I)c45)c4ccccc4n3)c(C(F)(F)F)c12. The summed E-state index contributed by atoms with van der Waals surface area (Å²) >= 11 is 2.19. The zero-order valence-electron chi connectivity index (χ0n) is 17.5. The minimum absolute atomic E-state index is 0.0442. The smallest absolute Gasteiger partial charge is 0.322 e. The third-order valence-corrected chi connectivity index (χ3v) is 6.55. The van der Waals surface area contributed by atoms with Crippen LogP contribution in [0.2, 0.25) is 0 Å². The van der Waals surface area contributed by atoms with E-state index in [1.807, 2.05) is 18.2 Å². The Hall–Kier alpha value is -3.94. The monoisotopic (exact) mass is 587 g/mol. The Labute approximate surface area is 207 Å². The fourth-order valence-electron chi connectivity index (χ4n) is 4.14. The summed E-state index contributed by atoms with van der Waals surface area (Å²) in [6, 6.07) is 15.3. The van der Waals surface area contributed by atoms with Crippen LogP contribution in [0.25, 0.3) is 44.1 Å². The Balaban J connectivity index is 1.61. The second-order valence-corrected chi connectivity index (χ2v) is 8.92. The van der Waals surface area contributed by atoms with E-state index in [0.29, 0.717) is 16.7 Å². The lowest BCUT2D eigenvalue weighted by molar-refractivity contribution is -0.135. The Morgan fingerprint density at radius 2 is 1.69 bits per heavy atom. The molecule has 12 heteroatoms. The topological polar surface area (TPSA) is 115 Å². The highest BCUT2D eigenvalue weighted by Crippen LogP contribution is 2.40. The van der Waals surface area contributed by atoms with Gasteiger partial charge in [0.1, 0.15) is 5.82 Å². The quantitative estimate of drug-likeness (QED) is 0.198. The van der Waals surface area contributed by atoms with E-state index in [2.05, 4.69) is 58.3 Å². The summed E-state index contributed by atoms with van der Waals surface area (Å²) in [6.45, 7) is 0. The Bertz CT molecular complexity index is 1820. The summed E-state index contributed by atoms with van der Waals surface area (Å²) in [5.74, 6) is 0.596. The molecular weight excluding hydrogens is 574 g/mol. The molecule has 0 aliphatic carbocycles. The van der Waals surface area contributed by atoms with Crippen LogP contribution < -0.4 is 10.9 Å². The van der Waals surface area contributed by atoms with Gasteiger partial charge in [-0.15, -0.1) is 0 Å². The maximum atomic E-state index is 14.2. The van der Waals surface area contributed by atoms with Gasteiger partial charge >= 0.3 is 6.18 Å². The Morgan fingerprint density at radius 3 is 2.51 bits per heavy atom. The molecule has 0 spiro atoms. The highest BCUT2D eigenvalue weighted by Gasteiger charge is 2.38. The zero-order chi connectivity index (χ0) is 24.3. The summed E-state index contributed by atoms with van der Waals surface area (Å²) in [4.78, 5) is 21.1. The molecule has 0 fully saturated rings. The van der Waals surface area contributed by atoms with Crippen LogP contribution in [0.3, 0.4) is 0 Å². The molecular formula is C23H13F3IN7O. The van der Waals surface area contributed by atoms with Crippen LogP contribution in [-0.2, 0) is 6.18 Å². The Kier molecular flexibility index (Phi) is 4.81. The number of hydrogen-bond donors (Lipinski definition) is 4. The van der Waals surface area contributed by atoms with Crippen molar-refractivity contribution in [3.05, 3.63) is 74.1 Å². The molecule has 0 saturated heterocycles. The molecule has 0 aliphatic rings. The number of H-pyrrole nitrogens is 3. The van der Waals surface area contributed by atoms with Gasteiger partial charge in [0, 0.05) is 14.5 Å². The van der Waals surface area contributed by atoms with E-state index in [9.17, 15) is 18.0 Å². The summed E-state index contributed by atoms with van der Waals surface area (Å²) in [5.41, 5.74) is -0.988. The largest absolute Gasteiger partial charge is 0.417 e. The minimum atomic E-state index is -4.82. The second-order valence-electron chi connectivity index (χ2n) is 7.76. The number of halogens is 4. The molecule has 3 aromatic carbocycles. The van der Waals surface area contributed by atoms with E-state index >= 15 is 0 Å². The summed E-state index contributed by atoms with van der Waals surface area (Å²) < 4.78 is 43.6. The van der Waals surface area contributed by atoms with Gasteiger partial charge in [-0.3, -0.25) is 20.1 Å². The molecule has 35 heavy (non-hydrogen) atoms. The van der Waals surface area contributed by atoms with Crippen LogP contribution in [-0.4, -0.2) is 30.4 Å². The van der Waals surface area contributed by atoms with Crippen LogP contribution in [0.1, 0.15) is 5.56 Å². The van der Waals surface area contributed by atoms with Gasteiger partial charge in [0.25, 0.3) is 5.56 Å². The molecule has 0 amide bonds. The standard InChI is InChI=1S/C23H13F3IN7O/c24-23(25,26)18-11(8-9-15-17(18)22(35)34-32-15)20-28-13-6-2-1-4-10(13)19(29-20)30-21-16-12(27)5-3-7-14(16)31-33-21/h1-9H,(H2,32,34,35)(H2,28,29,30,31,33). The predicted molar refractivity (Wildman–Crippen MR) is 135 cm³/mol. The van der Waals surface area contributed by atoms with E-state index in [0.717, 1.165) is 14.5 Å². The van der Waals surface area contributed by atoms with E-state index in [1.54, 1.807) is 24.3 Å². The van der Waals surface area contributed by atoms with Gasteiger partial charge in [0.15, 0.2) is 11.6 Å². The van der Waals surface area contributed by atoms with Crippen molar-refractivity contribution in [1.82, 2.24) is 30.4 Å². The number of para-hydroxylation sites is 1. The van der Waals surface area contributed by atoms with E-state index in [4.69, 9.17) is 0 Å². The molecule has 6 aromatic rings. The fourth-order valence-corrected chi connectivity index (χ4v) is 4.89. The number of nitrogens with one attached hydrogen (secondary N) is 4. The first-order valence-electron chi connectivity index (χ1n) is 10.3. The molecule has 174 valence electrons. The number of anilines is 2. The average Bonchev–Trinajstić information content (AvgIpc) is 3.42. The third kappa shape index (κ3) is 3.51. The first kappa shape index (κ1) is 21.6. The van der Waals surface area contributed by atoms with Gasteiger partial charge in [-0.1, -0.05) is 18.2 Å². The van der Waals surface area contributed by atoms with Crippen LogP contribution in [0.15, 0.2) is 59.4 Å². The number of fused-ring (bicyclic) bond motifs is 3. The number of aromatic nitrogens is 6. The number of benzene rings is 3. The second kappa shape index (κ2) is 7.80. The van der Waals surface area contributed by atoms with E-state index < -0.39 is 22.7 Å². The number of nitrogens with zero attached hydrogens (tertiary/aromatic N) is 3. The maximum absolute atomic E-state index is 14.2. The lowest BCUT2D eigenvalue weighted by Crippen LogP contribution is -2.13. The van der Waals surface area contributed by atoms with Crippen molar-refractivity contribution in [2.45, 2.75) is 6.18 Å². The van der Waals surface area contributed by atoms with Crippen molar-refractivity contribution < 1.29 is 13.2 Å². The van der Waals surface area contributed by atoms with Gasteiger partial charge in [-0.2, -0.15) is 18.3 Å². The molecule has 0 saturated carbocycles. The molecule has 0 radical (unpaired) electrons. The number of alkyl halides is 3. The maximum Gasteiger partial charge on any atom is 0.417 e. The first-order chi connectivity index (χ1) is 16.8. The number of hydrogen-bond acceptors (Lipinski definition) is 5. The molecule has 0 bridgehead atoms. The van der Waals surface area contributed by atoms with E-state index in [1.165, 1.54) is 12.1 Å². The van der Waals surface area contributed by atoms with E-state index in [-0.39, 0.29) is 22.7 Å². The minimum Gasteiger partial charge on any atom is -0.322 e. The molecule has 4 N–H and O–H groups in total. The fraction of sp³-hybridized carbons (Fsp3) is 0.0435. The highest BCUT2D eigenvalue weighted by molar-refractivity contribution is 14.1. The average molecular weight is 587 g/mol. The highest BCUT2D eigenvalue weighted by atomic mass is 127. The van der Waals surface area contributed by atoms with Gasteiger partial charge < -0.3 is 5.32 Å². The van der Waals surface area contributed by atoms with Gasteiger partial charge in [0.2, 0.25) is 0 Å². The summed E-state index contributed by atoms with van der Waals surface area (Å²) in [7, 11) is 0. The molecule has 0 aliphatic heterocycles. The first-order valence-corrected chi connectivity index (χ1v) is 11.4. The summed E-state index contributed by atoms with van der Waals surface area (Å²) in [6.07, 6.45) is -4.82. The van der Waals surface area contributed by atoms with Crippen LogP contribution in [0.5, 0.6) is 0 Å². The van der Waals surface area contributed by atoms with Crippen molar-refractivity contribution >= 4 is 66.9 Å². The van der Waals surface area contributed by atoms with Gasteiger partial charge in [0.05, 0.1) is 32.9 Å². The van der Waals surface area contributed by atoms with Crippen molar-refractivity contribution in [3.8, 4) is 11.4 Å². The number of aromatic amines is 3. The molecule has 0 unspecified atom stereocenters. The van der Waals surface area contributed by atoms with Crippen LogP contribution in [0.4, 0.5) is 24.8 Å². The van der Waals surface area contributed by atoms with Crippen molar-refractivity contribution in [2.24, 2.45) is 0 Å². The lowest BCUT2D eigenvalue weighted by atomic mass is 10.0. The van der Waals surface area contributed by atoms with Crippen molar-refractivity contribution in [3.63, 3.8) is 0 Å². The van der Waals surface area contributed by atoms with Crippen molar-refractivity contribution in [1.29, 1.82) is 0 Å². The molecule has 3 heterocycles. The zero-order valence-corrected chi connectivity index (χ0v) is 19.6. The molecule has 6 rings (SSSR count). The number of rotatable bonds is 3. The molecule has 3 aromatic heterocycles. The van der Waals surface area contributed by atoms with Gasteiger partial charge in [-0.05, 0) is 59.0 Å². The Morgan fingerprint density at radius 1 is 0.857 bits per heavy atom. The van der Waals surface area contributed by atoms with Crippen LogP contribution in [0, 0.1) is 3.57 Å². The normalized spacial score (nSPS) is 12.1. The predicted octanol–water partition coefficient (Wildman–Crippen LogP) is 5.71. The third-order valence-electron chi connectivity index (χ3n) is 5.65. The summed E-state index contributed by atoms with van der Waals surface area (Å²) in [5, 5.41) is 16.1. The van der Waals surface area contributed by atoms with Crippen molar-refractivity contribution in [2.75, 3.05) is 5.32 Å². The molecule has 8 nitrogen and oxygen atoms in total. The molecule has 0 atom stereocenters. The lowest BCUT2D eigenvalue weighted by Gasteiger charge is -2.15. The van der Waals surface area contributed by atoms with Crippen LogP contribution >= 0.6 is 22.6 Å².